The largest absolute Gasteiger partial charge is 0.443 e. The molecule has 7 heteroatoms. The predicted octanol–water partition coefficient (Wildman–Crippen LogP) is 4.71. The standard InChI is InChI=1S/C21H17NO4S2/c1-15-11-12-20(27(23)17-8-3-2-4-9-17)18(13-15)22-28(24,25)21-14-16-7-5-6-10-19(16)26-21/h2-14,22H,1H3. The highest BCUT2D eigenvalue weighted by atomic mass is 32.2. The summed E-state index contributed by atoms with van der Waals surface area (Å²) >= 11 is 0. The fraction of sp³-hybridized carbons (Fsp3) is 0.0476. The summed E-state index contributed by atoms with van der Waals surface area (Å²) in [5.74, 6) is 0. The Kier molecular flexibility index (Phi) is 4.78. The molecule has 4 aromatic rings. The van der Waals surface area contributed by atoms with Crippen LogP contribution in [0.3, 0.4) is 0 Å². The van der Waals surface area contributed by atoms with Crippen molar-refractivity contribution in [3.63, 3.8) is 0 Å². The van der Waals surface area contributed by atoms with Crippen LogP contribution in [0, 0.1) is 6.92 Å². The van der Waals surface area contributed by atoms with Crippen molar-refractivity contribution in [3.05, 3.63) is 84.4 Å². The summed E-state index contributed by atoms with van der Waals surface area (Å²) in [6.45, 7) is 1.84. The van der Waals surface area contributed by atoms with Gasteiger partial charge in [-0.15, -0.1) is 0 Å². The number of anilines is 1. The number of sulfonamides is 1. The van der Waals surface area contributed by atoms with E-state index >= 15 is 0 Å². The first-order valence-corrected chi connectivity index (χ1v) is 11.2. The molecule has 3 aromatic carbocycles. The van der Waals surface area contributed by atoms with Gasteiger partial charge in [0.2, 0.25) is 5.09 Å². The number of benzene rings is 3. The van der Waals surface area contributed by atoms with E-state index in [4.69, 9.17) is 4.42 Å². The Morgan fingerprint density at radius 2 is 1.61 bits per heavy atom. The summed E-state index contributed by atoms with van der Waals surface area (Å²) in [4.78, 5) is 0.979. The van der Waals surface area contributed by atoms with Crippen molar-refractivity contribution < 1.29 is 17.0 Å². The van der Waals surface area contributed by atoms with Crippen LogP contribution in [-0.2, 0) is 20.8 Å². The van der Waals surface area contributed by atoms with E-state index in [0.717, 1.165) is 5.56 Å². The zero-order valence-corrected chi connectivity index (χ0v) is 16.6. The number of nitrogens with one attached hydrogen (secondary N) is 1. The summed E-state index contributed by atoms with van der Waals surface area (Å²) < 4.78 is 46.8. The lowest BCUT2D eigenvalue weighted by molar-refractivity contribution is 0.484. The lowest BCUT2D eigenvalue weighted by Gasteiger charge is -2.12. The summed E-state index contributed by atoms with van der Waals surface area (Å²) in [6, 6.07) is 22.6. The maximum atomic E-state index is 13.0. The summed E-state index contributed by atoms with van der Waals surface area (Å²) in [5.41, 5.74) is 1.60. The number of furan rings is 1. The molecular formula is C21H17NO4S2. The summed E-state index contributed by atoms with van der Waals surface area (Å²) in [6.07, 6.45) is 0. The van der Waals surface area contributed by atoms with E-state index < -0.39 is 20.8 Å². The van der Waals surface area contributed by atoms with Crippen molar-refractivity contribution in [2.45, 2.75) is 21.8 Å². The number of aryl methyl sites for hydroxylation is 1. The van der Waals surface area contributed by atoms with Gasteiger partial charge in [0.05, 0.1) is 21.4 Å². The lowest BCUT2D eigenvalue weighted by Crippen LogP contribution is -2.14. The average molecular weight is 412 g/mol. The van der Waals surface area contributed by atoms with Gasteiger partial charge in [-0.3, -0.25) is 4.72 Å². The van der Waals surface area contributed by atoms with Crippen molar-refractivity contribution >= 4 is 37.5 Å². The van der Waals surface area contributed by atoms with Crippen LogP contribution in [-0.4, -0.2) is 12.6 Å². The maximum absolute atomic E-state index is 13.0. The minimum absolute atomic E-state index is 0.188. The third-order valence-electron chi connectivity index (χ3n) is 4.20. The Labute approximate surface area is 165 Å². The summed E-state index contributed by atoms with van der Waals surface area (Å²) in [5, 5.41) is 0.506. The third-order valence-corrected chi connectivity index (χ3v) is 6.88. The first kappa shape index (κ1) is 18.5. The van der Waals surface area contributed by atoms with Crippen molar-refractivity contribution in [1.29, 1.82) is 0 Å². The van der Waals surface area contributed by atoms with Crippen molar-refractivity contribution in [3.8, 4) is 0 Å². The molecule has 0 amide bonds. The van der Waals surface area contributed by atoms with Gasteiger partial charge in [0.15, 0.2) is 0 Å². The van der Waals surface area contributed by atoms with E-state index in [-0.39, 0.29) is 10.8 Å². The van der Waals surface area contributed by atoms with E-state index in [1.165, 1.54) is 6.07 Å². The monoisotopic (exact) mass is 411 g/mol. The van der Waals surface area contributed by atoms with Crippen LogP contribution < -0.4 is 4.72 Å². The second-order valence-electron chi connectivity index (χ2n) is 6.29. The van der Waals surface area contributed by atoms with Crippen molar-refractivity contribution in [1.82, 2.24) is 0 Å². The first-order chi connectivity index (χ1) is 13.4. The van der Waals surface area contributed by atoms with Gasteiger partial charge in [-0.05, 0) is 42.8 Å². The molecule has 0 saturated heterocycles. The van der Waals surface area contributed by atoms with Gasteiger partial charge in [-0.25, -0.2) is 4.21 Å². The van der Waals surface area contributed by atoms with Crippen molar-refractivity contribution in [2.75, 3.05) is 4.72 Å². The molecule has 1 aromatic heterocycles. The minimum atomic E-state index is -3.98. The van der Waals surface area contributed by atoms with Gasteiger partial charge in [0.1, 0.15) is 5.58 Å². The molecule has 0 spiro atoms. The number of para-hydroxylation sites is 1. The molecule has 1 N–H and O–H groups in total. The normalized spacial score (nSPS) is 12.8. The van der Waals surface area contributed by atoms with Gasteiger partial charge < -0.3 is 4.42 Å². The molecule has 1 atom stereocenters. The number of fused-ring (bicyclic) bond motifs is 1. The highest BCUT2D eigenvalue weighted by Crippen LogP contribution is 2.29. The van der Waals surface area contributed by atoms with E-state index in [1.54, 1.807) is 60.7 Å². The molecule has 28 heavy (non-hydrogen) atoms. The molecule has 1 heterocycles. The quantitative estimate of drug-likeness (QED) is 0.516. The molecule has 1 unspecified atom stereocenters. The molecule has 5 nitrogen and oxygen atoms in total. The van der Waals surface area contributed by atoms with Crippen LogP contribution in [0.4, 0.5) is 5.69 Å². The number of hydrogen-bond acceptors (Lipinski definition) is 4. The highest BCUT2D eigenvalue weighted by Gasteiger charge is 2.22. The van der Waals surface area contributed by atoms with Crippen LogP contribution in [0.1, 0.15) is 5.56 Å². The van der Waals surface area contributed by atoms with E-state index in [1.807, 2.05) is 19.1 Å². The molecule has 0 aliphatic rings. The van der Waals surface area contributed by atoms with Crippen molar-refractivity contribution in [2.24, 2.45) is 0 Å². The summed E-state index contributed by atoms with van der Waals surface area (Å²) in [7, 11) is -5.51. The molecule has 0 aliphatic heterocycles. The molecule has 0 fully saturated rings. The average Bonchev–Trinajstić information content (AvgIpc) is 3.13. The predicted molar refractivity (Wildman–Crippen MR) is 109 cm³/mol. The molecular weight excluding hydrogens is 394 g/mol. The number of hydrogen-bond donors (Lipinski definition) is 1. The van der Waals surface area contributed by atoms with Gasteiger partial charge in [-0.1, -0.05) is 42.5 Å². The third kappa shape index (κ3) is 3.58. The number of rotatable bonds is 5. The Balaban J connectivity index is 1.74. The molecule has 0 radical (unpaired) electrons. The Morgan fingerprint density at radius 1 is 0.893 bits per heavy atom. The van der Waals surface area contributed by atoms with Crippen LogP contribution in [0.25, 0.3) is 11.0 Å². The van der Waals surface area contributed by atoms with Gasteiger partial charge in [0, 0.05) is 16.3 Å². The Hall–Kier alpha value is -2.90. The Morgan fingerprint density at radius 3 is 2.36 bits per heavy atom. The molecule has 0 bridgehead atoms. The van der Waals surface area contributed by atoms with E-state index in [2.05, 4.69) is 4.72 Å². The van der Waals surface area contributed by atoms with E-state index in [0.29, 0.717) is 20.8 Å². The van der Waals surface area contributed by atoms with Gasteiger partial charge in [0.25, 0.3) is 10.0 Å². The van der Waals surface area contributed by atoms with E-state index in [9.17, 15) is 12.6 Å². The zero-order chi connectivity index (χ0) is 19.7. The fourth-order valence-electron chi connectivity index (χ4n) is 2.84. The molecule has 0 aliphatic carbocycles. The Bertz CT molecular complexity index is 1250. The van der Waals surface area contributed by atoms with Gasteiger partial charge >= 0.3 is 0 Å². The molecule has 0 saturated carbocycles. The maximum Gasteiger partial charge on any atom is 0.295 e. The smallest absolute Gasteiger partial charge is 0.295 e. The van der Waals surface area contributed by atoms with Gasteiger partial charge in [-0.2, -0.15) is 8.42 Å². The zero-order valence-electron chi connectivity index (χ0n) is 15.0. The lowest BCUT2D eigenvalue weighted by atomic mass is 10.2. The van der Waals surface area contributed by atoms with Crippen LogP contribution in [0.2, 0.25) is 0 Å². The SMILES string of the molecule is Cc1ccc(S(=O)c2ccccc2)c(NS(=O)(=O)c2cc3ccccc3o2)c1. The second-order valence-corrected chi connectivity index (χ2v) is 9.35. The fourth-order valence-corrected chi connectivity index (χ4v) is 5.11. The second kappa shape index (κ2) is 7.26. The molecule has 4 rings (SSSR count). The molecule has 142 valence electrons. The van der Waals surface area contributed by atoms with Crippen LogP contribution in [0.5, 0.6) is 0 Å². The first-order valence-electron chi connectivity index (χ1n) is 8.53. The van der Waals surface area contributed by atoms with Crippen LogP contribution >= 0.6 is 0 Å². The topological polar surface area (TPSA) is 76.4 Å². The minimum Gasteiger partial charge on any atom is -0.443 e. The highest BCUT2D eigenvalue weighted by molar-refractivity contribution is 7.92. The van der Waals surface area contributed by atoms with Crippen LogP contribution in [0.15, 0.2) is 98.2 Å².